The van der Waals surface area contributed by atoms with E-state index in [9.17, 15) is 9.90 Å². The summed E-state index contributed by atoms with van der Waals surface area (Å²) in [4.78, 5) is 12.4. The molecule has 2 aliphatic carbocycles. The summed E-state index contributed by atoms with van der Waals surface area (Å²) in [5.41, 5.74) is 2.42. The van der Waals surface area contributed by atoms with Gasteiger partial charge in [0, 0.05) is 12.5 Å². The van der Waals surface area contributed by atoms with Gasteiger partial charge in [0.15, 0.2) is 0 Å². The van der Waals surface area contributed by atoms with Gasteiger partial charge >= 0.3 is 5.97 Å². The molecule has 146 valence electrons. The van der Waals surface area contributed by atoms with E-state index in [0.717, 1.165) is 24.8 Å². The van der Waals surface area contributed by atoms with Crippen molar-refractivity contribution in [2.45, 2.75) is 71.8 Å². The van der Waals surface area contributed by atoms with E-state index >= 15 is 0 Å². The Morgan fingerprint density at radius 2 is 1.74 bits per heavy atom. The lowest BCUT2D eigenvalue weighted by molar-refractivity contribution is -0.152. The Balaban J connectivity index is 1.70. The smallest absolute Gasteiger partial charge is 0.331 e. The third-order valence-corrected chi connectivity index (χ3v) is 6.51. The molecule has 1 N–H and O–H groups in total. The van der Waals surface area contributed by atoms with Gasteiger partial charge in [-0.25, -0.2) is 4.79 Å². The van der Waals surface area contributed by atoms with Crippen LogP contribution in [-0.2, 0) is 9.53 Å². The first-order valence-corrected chi connectivity index (χ1v) is 10.0. The predicted molar refractivity (Wildman–Crippen MR) is 109 cm³/mol. The maximum atomic E-state index is 12.4. The molecule has 3 heteroatoms. The molecule has 0 unspecified atom stereocenters. The van der Waals surface area contributed by atoms with Gasteiger partial charge in [-0.05, 0) is 67.2 Å². The van der Waals surface area contributed by atoms with Gasteiger partial charge in [0.05, 0.1) is 0 Å². The summed E-state index contributed by atoms with van der Waals surface area (Å²) in [6.07, 6.45) is 12.0. The van der Waals surface area contributed by atoms with Gasteiger partial charge in [-0.1, -0.05) is 51.0 Å². The van der Waals surface area contributed by atoms with E-state index in [-0.39, 0.29) is 22.5 Å². The van der Waals surface area contributed by atoms with Gasteiger partial charge in [-0.15, -0.1) is 0 Å². The molecular weight excluding hydrogens is 336 g/mol. The van der Waals surface area contributed by atoms with E-state index in [1.54, 1.807) is 35.9 Å². The SMILES string of the molecule is CC1(C)CCC[C@]2(C)CC[C@@](C)(OC(=O)C=Cc3ccc(O)cc3)CC=C12. The van der Waals surface area contributed by atoms with Crippen molar-refractivity contribution in [3.63, 3.8) is 0 Å². The zero-order valence-corrected chi connectivity index (χ0v) is 17.0. The second-order valence-corrected chi connectivity index (χ2v) is 9.42. The highest BCUT2D eigenvalue weighted by atomic mass is 16.6. The van der Waals surface area contributed by atoms with Gasteiger partial charge in [-0.2, -0.15) is 0 Å². The first-order chi connectivity index (χ1) is 12.6. The molecule has 3 nitrogen and oxygen atoms in total. The summed E-state index contributed by atoms with van der Waals surface area (Å²) in [6, 6.07) is 6.75. The number of allylic oxidation sites excluding steroid dienone is 1. The van der Waals surface area contributed by atoms with Crippen LogP contribution in [0.15, 0.2) is 42.0 Å². The average molecular weight is 369 g/mol. The van der Waals surface area contributed by atoms with Gasteiger partial charge in [0.1, 0.15) is 11.4 Å². The van der Waals surface area contributed by atoms with Crippen molar-refractivity contribution in [1.29, 1.82) is 0 Å². The van der Waals surface area contributed by atoms with Crippen molar-refractivity contribution < 1.29 is 14.6 Å². The van der Waals surface area contributed by atoms with Crippen LogP contribution in [0.5, 0.6) is 5.75 Å². The average Bonchev–Trinajstić information content (AvgIpc) is 2.72. The number of ether oxygens (including phenoxy) is 1. The summed E-state index contributed by atoms with van der Waals surface area (Å²) >= 11 is 0. The molecule has 2 aliphatic rings. The molecule has 0 aromatic heterocycles. The van der Waals surface area contributed by atoms with E-state index in [1.165, 1.54) is 25.3 Å². The number of rotatable bonds is 3. The fourth-order valence-electron chi connectivity index (χ4n) is 4.87. The minimum absolute atomic E-state index is 0.214. The Hall–Kier alpha value is -2.03. The zero-order valence-electron chi connectivity index (χ0n) is 17.0. The van der Waals surface area contributed by atoms with Crippen LogP contribution < -0.4 is 0 Å². The minimum Gasteiger partial charge on any atom is -0.508 e. The molecule has 1 fully saturated rings. The number of hydrogen-bond donors (Lipinski definition) is 1. The largest absolute Gasteiger partial charge is 0.508 e. The Bertz CT molecular complexity index is 756. The first-order valence-electron chi connectivity index (χ1n) is 10.0. The second-order valence-electron chi connectivity index (χ2n) is 9.42. The summed E-state index contributed by atoms with van der Waals surface area (Å²) in [6.45, 7) is 9.15. The highest BCUT2D eigenvalue weighted by molar-refractivity contribution is 5.87. The van der Waals surface area contributed by atoms with Crippen molar-refractivity contribution in [3.05, 3.63) is 47.6 Å². The fraction of sp³-hybridized carbons (Fsp3) is 0.542. The number of benzene rings is 1. The molecule has 2 atom stereocenters. The summed E-state index contributed by atoms with van der Waals surface area (Å²) < 4.78 is 5.90. The number of hydrogen-bond acceptors (Lipinski definition) is 3. The lowest BCUT2D eigenvalue weighted by atomic mass is 9.59. The van der Waals surface area contributed by atoms with E-state index in [4.69, 9.17) is 4.74 Å². The van der Waals surface area contributed by atoms with Crippen LogP contribution >= 0.6 is 0 Å². The lowest BCUT2D eigenvalue weighted by Crippen LogP contribution is -2.34. The number of phenolic OH excluding ortho intramolecular Hbond substituents is 1. The molecule has 0 amide bonds. The van der Waals surface area contributed by atoms with E-state index in [0.29, 0.717) is 0 Å². The predicted octanol–water partition coefficient (Wildman–Crippen LogP) is 6.03. The quantitative estimate of drug-likeness (QED) is 0.402. The second kappa shape index (κ2) is 7.18. The number of carbonyl (C=O) groups excluding carboxylic acids is 1. The molecule has 0 heterocycles. The molecule has 0 spiro atoms. The Kier molecular flexibility index (Phi) is 5.24. The van der Waals surface area contributed by atoms with Crippen LogP contribution in [0.1, 0.15) is 71.8 Å². The molecule has 27 heavy (non-hydrogen) atoms. The van der Waals surface area contributed by atoms with E-state index in [2.05, 4.69) is 33.8 Å². The zero-order chi connectivity index (χ0) is 19.7. The standard InChI is InChI=1S/C24H32O3/c1-22(2)13-5-14-23(3)16-17-24(4,15-12-20(22)23)27-21(26)11-8-18-6-9-19(25)10-7-18/h6-12,25H,5,13-17H2,1-4H3/t23-,24+/m1/s1. The van der Waals surface area contributed by atoms with Crippen molar-refractivity contribution in [2.75, 3.05) is 0 Å². The van der Waals surface area contributed by atoms with Crippen LogP contribution in [0.25, 0.3) is 6.08 Å². The molecule has 0 aliphatic heterocycles. The highest BCUT2D eigenvalue weighted by Gasteiger charge is 2.45. The van der Waals surface area contributed by atoms with Crippen LogP contribution in [-0.4, -0.2) is 16.7 Å². The summed E-state index contributed by atoms with van der Waals surface area (Å²) in [5, 5.41) is 9.34. The summed E-state index contributed by atoms with van der Waals surface area (Å²) in [5.74, 6) is -0.0927. The Morgan fingerprint density at radius 3 is 2.44 bits per heavy atom. The number of phenols is 1. The Labute approximate surface area is 163 Å². The molecule has 0 saturated heterocycles. The highest BCUT2D eigenvalue weighted by Crippen LogP contribution is 2.55. The van der Waals surface area contributed by atoms with Crippen molar-refractivity contribution in [1.82, 2.24) is 0 Å². The third kappa shape index (κ3) is 4.45. The monoisotopic (exact) mass is 368 g/mol. The van der Waals surface area contributed by atoms with Gasteiger partial charge < -0.3 is 9.84 Å². The Morgan fingerprint density at radius 1 is 1.04 bits per heavy atom. The number of esters is 1. The lowest BCUT2D eigenvalue weighted by Gasteiger charge is -2.46. The molecule has 0 bridgehead atoms. The molecule has 3 rings (SSSR count). The van der Waals surface area contributed by atoms with Gasteiger partial charge in [-0.3, -0.25) is 0 Å². The van der Waals surface area contributed by atoms with Gasteiger partial charge in [0.25, 0.3) is 0 Å². The number of aromatic hydroxyl groups is 1. The molecule has 1 saturated carbocycles. The van der Waals surface area contributed by atoms with Crippen molar-refractivity contribution >= 4 is 12.0 Å². The van der Waals surface area contributed by atoms with Crippen molar-refractivity contribution in [2.24, 2.45) is 10.8 Å². The van der Waals surface area contributed by atoms with E-state index in [1.807, 2.05) is 0 Å². The van der Waals surface area contributed by atoms with Crippen LogP contribution in [0.3, 0.4) is 0 Å². The maximum Gasteiger partial charge on any atom is 0.331 e. The van der Waals surface area contributed by atoms with Gasteiger partial charge in [0.2, 0.25) is 0 Å². The topological polar surface area (TPSA) is 46.5 Å². The summed E-state index contributed by atoms with van der Waals surface area (Å²) in [7, 11) is 0. The third-order valence-electron chi connectivity index (χ3n) is 6.51. The molecular formula is C24H32O3. The minimum atomic E-state index is -0.459. The molecule has 1 aromatic carbocycles. The van der Waals surface area contributed by atoms with Crippen molar-refractivity contribution in [3.8, 4) is 5.75 Å². The van der Waals surface area contributed by atoms with E-state index < -0.39 is 5.60 Å². The normalized spacial score (nSPS) is 30.3. The molecule has 0 radical (unpaired) electrons. The van der Waals surface area contributed by atoms with Crippen LogP contribution in [0.2, 0.25) is 0 Å². The molecule has 1 aromatic rings. The van der Waals surface area contributed by atoms with Crippen LogP contribution in [0.4, 0.5) is 0 Å². The number of carbonyl (C=O) groups is 1. The number of fused-ring (bicyclic) bond motifs is 1. The first kappa shape index (κ1) is 19.7. The maximum absolute atomic E-state index is 12.4. The van der Waals surface area contributed by atoms with Crippen LogP contribution in [0, 0.1) is 10.8 Å². The fourth-order valence-corrected chi connectivity index (χ4v) is 4.87.